The first-order valence-corrected chi connectivity index (χ1v) is 20.8. The van der Waals surface area contributed by atoms with Crippen LogP contribution >= 0.6 is 0 Å². The summed E-state index contributed by atoms with van der Waals surface area (Å²) in [6.07, 6.45) is 0. The fourth-order valence-electron chi connectivity index (χ4n) is 9.54. The van der Waals surface area contributed by atoms with Gasteiger partial charge in [-0.25, -0.2) is 0 Å². The van der Waals surface area contributed by atoms with Crippen LogP contribution in [-0.4, -0.2) is 0 Å². The topological polar surface area (TPSA) is 3.24 Å². The van der Waals surface area contributed by atoms with E-state index in [-0.39, 0.29) is 0 Å². The van der Waals surface area contributed by atoms with E-state index in [0.29, 0.717) is 0 Å². The molecule has 0 spiro atoms. The van der Waals surface area contributed by atoms with Crippen LogP contribution in [0.1, 0.15) is 22.3 Å². The van der Waals surface area contributed by atoms with Gasteiger partial charge in [0.05, 0.1) is 11.1 Å². The van der Waals surface area contributed by atoms with E-state index in [4.69, 9.17) is 0 Å². The van der Waals surface area contributed by atoms with Crippen molar-refractivity contribution in [3.8, 4) is 44.5 Å². The lowest BCUT2D eigenvalue weighted by molar-refractivity contribution is 0.768. The fraction of sp³-hybridized carbons (Fsp3) is 0.0169. The Labute approximate surface area is 352 Å². The highest BCUT2D eigenvalue weighted by atomic mass is 15.1. The Morgan fingerprint density at radius 3 is 1.28 bits per heavy atom. The molecule has 0 aromatic heterocycles. The van der Waals surface area contributed by atoms with Crippen molar-refractivity contribution in [1.29, 1.82) is 0 Å². The third-order valence-electron chi connectivity index (χ3n) is 12.3. The van der Waals surface area contributed by atoms with Gasteiger partial charge in [-0.05, 0) is 114 Å². The van der Waals surface area contributed by atoms with E-state index < -0.39 is 5.41 Å². The van der Waals surface area contributed by atoms with Crippen LogP contribution in [0.5, 0.6) is 0 Å². The van der Waals surface area contributed by atoms with Crippen molar-refractivity contribution >= 4 is 27.8 Å². The van der Waals surface area contributed by atoms with Crippen LogP contribution in [-0.2, 0) is 5.41 Å². The van der Waals surface area contributed by atoms with E-state index in [1.165, 1.54) is 77.5 Å². The first kappa shape index (κ1) is 35.4. The van der Waals surface area contributed by atoms with Crippen LogP contribution in [0, 0.1) is 0 Å². The predicted octanol–water partition coefficient (Wildman–Crippen LogP) is 15.7. The first-order valence-electron chi connectivity index (χ1n) is 20.8. The average Bonchev–Trinajstić information content (AvgIpc) is 3.63. The zero-order valence-corrected chi connectivity index (χ0v) is 33.1. The summed E-state index contributed by atoms with van der Waals surface area (Å²) in [6, 6.07) is 91.2. The largest absolute Gasteiger partial charge is 0.310 e. The van der Waals surface area contributed by atoms with Gasteiger partial charge in [-0.15, -0.1) is 0 Å². The molecule has 282 valence electrons. The summed E-state index contributed by atoms with van der Waals surface area (Å²) in [5.74, 6) is 0. The third-order valence-corrected chi connectivity index (χ3v) is 12.3. The molecule has 1 nitrogen and oxygen atoms in total. The quantitative estimate of drug-likeness (QED) is 0.149. The molecule has 10 aromatic rings. The number of hydrogen-bond donors (Lipinski definition) is 0. The van der Waals surface area contributed by atoms with Gasteiger partial charge in [-0.2, -0.15) is 0 Å². The van der Waals surface area contributed by atoms with Crippen LogP contribution in [0.4, 0.5) is 17.1 Å². The third kappa shape index (κ3) is 5.94. The maximum atomic E-state index is 2.51. The Bertz CT molecular complexity index is 2980. The van der Waals surface area contributed by atoms with Gasteiger partial charge in [0.15, 0.2) is 0 Å². The number of fused-ring (bicyclic) bond motifs is 4. The zero-order chi connectivity index (χ0) is 39.9. The van der Waals surface area contributed by atoms with Crippen molar-refractivity contribution in [1.82, 2.24) is 0 Å². The average molecular weight is 764 g/mol. The zero-order valence-electron chi connectivity index (χ0n) is 33.1. The Morgan fingerprint density at radius 2 is 0.717 bits per heavy atom. The van der Waals surface area contributed by atoms with Crippen LogP contribution in [0.3, 0.4) is 0 Å². The van der Waals surface area contributed by atoms with Crippen molar-refractivity contribution in [2.75, 3.05) is 4.90 Å². The van der Waals surface area contributed by atoms with Gasteiger partial charge in [0, 0.05) is 16.9 Å². The molecule has 0 atom stereocenters. The highest BCUT2D eigenvalue weighted by Gasteiger charge is 2.46. The molecule has 1 aliphatic rings. The van der Waals surface area contributed by atoms with Crippen molar-refractivity contribution in [3.63, 3.8) is 0 Å². The highest BCUT2D eigenvalue weighted by Crippen LogP contribution is 2.59. The number of rotatable bonds is 8. The van der Waals surface area contributed by atoms with E-state index >= 15 is 0 Å². The fourth-order valence-corrected chi connectivity index (χ4v) is 9.54. The minimum Gasteiger partial charge on any atom is -0.310 e. The van der Waals surface area contributed by atoms with Gasteiger partial charge in [0.25, 0.3) is 0 Å². The van der Waals surface area contributed by atoms with Crippen molar-refractivity contribution in [3.05, 3.63) is 271 Å². The van der Waals surface area contributed by atoms with E-state index in [0.717, 1.165) is 17.1 Å². The Morgan fingerprint density at radius 1 is 0.267 bits per heavy atom. The Hall–Kier alpha value is -7.74. The number of hydrogen-bond acceptors (Lipinski definition) is 1. The summed E-state index contributed by atoms with van der Waals surface area (Å²) < 4.78 is 0. The molecular formula is C59H41N. The molecule has 0 aliphatic heterocycles. The normalized spacial score (nSPS) is 12.5. The maximum absolute atomic E-state index is 2.51. The van der Waals surface area contributed by atoms with Crippen molar-refractivity contribution in [2.45, 2.75) is 5.41 Å². The molecule has 10 aromatic carbocycles. The van der Waals surface area contributed by atoms with Crippen LogP contribution < -0.4 is 4.90 Å². The van der Waals surface area contributed by atoms with Crippen molar-refractivity contribution in [2.24, 2.45) is 0 Å². The second-order valence-electron chi connectivity index (χ2n) is 15.7. The molecule has 0 saturated heterocycles. The first-order chi connectivity index (χ1) is 29.8. The molecule has 0 heterocycles. The summed E-state index contributed by atoms with van der Waals surface area (Å²) in [4.78, 5) is 2.47. The summed E-state index contributed by atoms with van der Waals surface area (Å²) in [6.45, 7) is 0. The molecule has 1 aliphatic carbocycles. The predicted molar refractivity (Wildman–Crippen MR) is 252 cm³/mol. The van der Waals surface area contributed by atoms with Gasteiger partial charge in [-0.1, -0.05) is 206 Å². The molecule has 11 rings (SSSR count). The van der Waals surface area contributed by atoms with Crippen LogP contribution in [0.25, 0.3) is 55.3 Å². The molecule has 0 amide bonds. The summed E-state index contributed by atoms with van der Waals surface area (Å²) in [5.41, 5.74) is 17.4. The smallest absolute Gasteiger partial charge is 0.0714 e. The molecule has 0 saturated carbocycles. The van der Waals surface area contributed by atoms with Gasteiger partial charge < -0.3 is 4.90 Å². The lowest BCUT2D eigenvalue weighted by Gasteiger charge is -2.35. The summed E-state index contributed by atoms with van der Waals surface area (Å²) in [7, 11) is 0. The monoisotopic (exact) mass is 763 g/mol. The number of nitrogens with zero attached hydrogens (tertiary/aromatic N) is 1. The van der Waals surface area contributed by atoms with Crippen molar-refractivity contribution < 1.29 is 0 Å². The lowest BCUT2D eigenvalue weighted by atomic mass is 9.67. The van der Waals surface area contributed by atoms with Crippen LogP contribution in [0.2, 0.25) is 0 Å². The summed E-state index contributed by atoms with van der Waals surface area (Å²) in [5, 5.41) is 2.45. The van der Waals surface area contributed by atoms with Gasteiger partial charge in [0.1, 0.15) is 0 Å². The number of anilines is 3. The van der Waals surface area contributed by atoms with E-state index in [9.17, 15) is 0 Å². The second-order valence-corrected chi connectivity index (χ2v) is 15.7. The van der Waals surface area contributed by atoms with E-state index in [1.54, 1.807) is 0 Å². The SMILES string of the molecule is c1ccc(-c2ccc(N(c3ccc(-c4ccccc4)cc3)c3cc4c(cc3-c3ccc5ccccc5c3)-c3ccccc3C4(c3ccccc3)c3ccccc3)cc2)cc1. The van der Waals surface area contributed by atoms with Gasteiger partial charge in [-0.3, -0.25) is 0 Å². The minimum absolute atomic E-state index is 0.550. The number of benzene rings is 10. The molecule has 1 heteroatoms. The van der Waals surface area contributed by atoms with E-state index in [2.05, 4.69) is 254 Å². The standard InChI is InChI=1S/C59H41N/c1-5-17-42(18-6-1)45-31-35-51(36-32-45)60(52-37-33-46(34-38-52)43-19-7-2-8-20-43)58-41-57-55(40-54(58)48-30-29-44-21-13-14-22-47(44)39-48)53-27-15-16-28-56(53)59(57,49-23-9-3-10-24-49)50-25-11-4-12-26-50/h1-41H. The molecule has 0 bridgehead atoms. The lowest BCUT2D eigenvalue weighted by Crippen LogP contribution is -2.28. The molecule has 0 radical (unpaired) electrons. The Kier molecular flexibility index (Phi) is 8.79. The second kappa shape index (κ2) is 14.9. The van der Waals surface area contributed by atoms with Gasteiger partial charge in [0.2, 0.25) is 0 Å². The molecule has 0 fully saturated rings. The minimum atomic E-state index is -0.550. The highest BCUT2D eigenvalue weighted by molar-refractivity contribution is 5.99. The van der Waals surface area contributed by atoms with Gasteiger partial charge >= 0.3 is 0 Å². The summed E-state index contributed by atoms with van der Waals surface area (Å²) >= 11 is 0. The molecule has 0 N–H and O–H groups in total. The Balaban J connectivity index is 1.22. The molecule has 0 unspecified atom stereocenters. The maximum Gasteiger partial charge on any atom is 0.0714 e. The molecular weight excluding hydrogens is 723 g/mol. The van der Waals surface area contributed by atoms with Crippen LogP contribution in [0.15, 0.2) is 249 Å². The molecule has 60 heavy (non-hydrogen) atoms. The van der Waals surface area contributed by atoms with E-state index in [1.807, 2.05) is 0 Å².